The van der Waals surface area contributed by atoms with E-state index in [0.29, 0.717) is 13.1 Å². The van der Waals surface area contributed by atoms with Crippen molar-refractivity contribution < 1.29 is 14.4 Å². The molecule has 0 aliphatic carbocycles. The Morgan fingerprint density at radius 3 is 3.00 bits per heavy atom. The number of thiophene rings is 1. The van der Waals surface area contributed by atoms with Crippen molar-refractivity contribution in [2.45, 2.75) is 6.04 Å². The lowest BCUT2D eigenvalue weighted by molar-refractivity contribution is -0.143. The third-order valence-corrected chi connectivity index (χ3v) is 3.89. The highest BCUT2D eigenvalue weighted by molar-refractivity contribution is 7.10. The van der Waals surface area contributed by atoms with Crippen molar-refractivity contribution in [3.63, 3.8) is 0 Å². The first-order valence-corrected chi connectivity index (χ1v) is 7.09. The van der Waals surface area contributed by atoms with Gasteiger partial charge < -0.3 is 21.3 Å². The van der Waals surface area contributed by atoms with E-state index in [9.17, 15) is 14.4 Å². The number of hydrogen-bond acceptors (Lipinski definition) is 5. The molecule has 20 heavy (non-hydrogen) atoms. The molecule has 3 amide bonds. The minimum Gasteiger partial charge on any atom is -0.352 e. The summed E-state index contributed by atoms with van der Waals surface area (Å²) in [6.07, 6.45) is 0. The topological polar surface area (TPSA) is 105 Å². The Balaban J connectivity index is 2.09. The SMILES string of the molecule is NCC(=O)NCC(=O)N1CCNC(=O)C1c1cccs1. The van der Waals surface area contributed by atoms with E-state index in [4.69, 9.17) is 5.73 Å². The summed E-state index contributed by atoms with van der Waals surface area (Å²) < 4.78 is 0. The van der Waals surface area contributed by atoms with Gasteiger partial charge in [-0.15, -0.1) is 11.3 Å². The van der Waals surface area contributed by atoms with Crippen LogP contribution in [0.3, 0.4) is 0 Å². The van der Waals surface area contributed by atoms with Crippen LogP contribution in [0.15, 0.2) is 17.5 Å². The summed E-state index contributed by atoms with van der Waals surface area (Å²) >= 11 is 1.42. The smallest absolute Gasteiger partial charge is 0.248 e. The quantitative estimate of drug-likeness (QED) is 0.650. The van der Waals surface area contributed by atoms with E-state index in [1.54, 1.807) is 0 Å². The molecule has 1 fully saturated rings. The molecule has 2 rings (SSSR count). The summed E-state index contributed by atoms with van der Waals surface area (Å²) in [4.78, 5) is 37.5. The van der Waals surface area contributed by atoms with E-state index in [1.807, 2.05) is 17.5 Å². The zero-order chi connectivity index (χ0) is 14.5. The third kappa shape index (κ3) is 3.14. The summed E-state index contributed by atoms with van der Waals surface area (Å²) in [5.41, 5.74) is 5.16. The van der Waals surface area contributed by atoms with Crippen LogP contribution in [-0.4, -0.2) is 48.8 Å². The maximum Gasteiger partial charge on any atom is 0.248 e. The van der Waals surface area contributed by atoms with E-state index in [2.05, 4.69) is 10.6 Å². The van der Waals surface area contributed by atoms with Crippen molar-refractivity contribution in [2.75, 3.05) is 26.2 Å². The molecule has 2 heterocycles. The van der Waals surface area contributed by atoms with E-state index in [1.165, 1.54) is 16.2 Å². The van der Waals surface area contributed by atoms with Crippen LogP contribution >= 0.6 is 11.3 Å². The molecule has 1 aromatic heterocycles. The van der Waals surface area contributed by atoms with Crippen molar-refractivity contribution in [2.24, 2.45) is 5.73 Å². The molecule has 7 nitrogen and oxygen atoms in total. The maximum atomic E-state index is 12.2. The summed E-state index contributed by atoms with van der Waals surface area (Å²) in [6, 6.07) is 3.03. The van der Waals surface area contributed by atoms with Gasteiger partial charge in [0.25, 0.3) is 0 Å². The molecule has 0 saturated carbocycles. The molecule has 4 N–H and O–H groups in total. The Kier molecular flexibility index (Phi) is 4.70. The average Bonchev–Trinajstić information content (AvgIpc) is 2.97. The van der Waals surface area contributed by atoms with Crippen LogP contribution in [0.1, 0.15) is 10.9 Å². The first-order valence-electron chi connectivity index (χ1n) is 6.21. The second-order valence-corrected chi connectivity index (χ2v) is 5.26. The van der Waals surface area contributed by atoms with Gasteiger partial charge in [0.15, 0.2) is 0 Å². The van der Waals surface area contributed by atoms with Gasteiger partial charge in [-0.2, -0.15) is 0 Å². The summed E-state index contributed by atoms with van der Waals surface area (Å²) in [7, 11) is 0. The highest BCUT2D eigenvalue weighted by Crippen LogP contribution is 2.26. The van der Waals surface area contributed by atoms with Gasteiger partial charge >= 0.3 is 0 Å². The Labute approximate surface area is 120 Å². The molecule has 0 bridgehead atoms. The predicted molar refractivity (Wildman–Crippen MR) is 73.8 cm³/mol. The van der Waals surface area contributed by atoms with Gasteiger partial charge in [-0.3, -0.25) is 14.4 Å². The molecular formula is C12H16N4O3S. The number of amides is 3. The molecule has 1 unspecified atom stereocenters. The third-order valence-electron chi connectivity index (χ3n) is 2.97. The molecule has 1 aliphatic rings. The van der Waals surface area contributed by atoms with Gasteiger partial charge in [0.1, 0.15) is 6.04 Å². The van der Waals surface area contributed by atoms with Gasteiger partial charge in [0, 0.05) is 18.0 Å². The predicted octanol–water partition coefficient (Wildman–Crippen LogP) is -1.18. The molecule has 1 aromatic rings. The molecule has 0 radical (unpaired) electrons. The summed E-state index contributed by atoms with van der Waals surface area (Å²) in [5, 5.41) is 7.03. The number of nitrogens with one attached hydrogen (secondary N) is 2. The molecular weight excluding hydrogens is 280 g/mol. The highest BCUT2D eigenvalue weighted by atomic mass is 32.1. The zero-order valence-corrected chi connectivity index (χ0v) is 11.6. The molecule has 1 atom stereocenters. The second-order valence-electron chi connectivity index (χ2n) is 4.28. The Hall–Kier alpha value is -1.93. The largest absolute Gasteiger partial charge is 0.352 e. The average molecular weight is 296 g/mol. The molecule has 1 saturated heterocycles. The highest BCUT2D eigenvalue weighted by Gasteiger charge is 2.34. The molecule has 1 aliphatic heterocycles. The van der Waals surface area contributed by atoms with Crippen molar-refractivity contribution in [1.29, 1.82) is 0 Å². The normalized spacial score (nSPS) is 18.6. The van der Waals surface area contributed by atoms with E-state index in [0.717, 1.165) is 4.88 Å². The molecule has 108 valence electrons. The van der Waals surface area contributed by atoms with Crippen molar-refractivity contribution >= 4 is 29.1 Å². The van der Waals surface area contributed by atoms with Crippen molar-refractivity contribution in [3.8, 4) is 0 Å². The van der Waals surface area contributed by atoms with Crippen LogP contribution in [0.2, 0.25) is 0 Å². The van der Waals surface area contributed by atoms with E-state index < -0.39 is 11.9 Å². The molecule has 0 aromatic carbocycles. The van der Waals surface area contributed by atoms with Crippen LogP contribution in [-0.2, 0) is 14.4 Å². The van der Waals surface area contributed by atoms with Crippen molar-refractivity contribution in [1.82, 2.24) is 15.5 Å². The van der Waals surface area contributed by atoms with Gasteiger partial charge in [-0.1, -0.05) is 6.07 Å². The first kappa shape index (κ1) is 14.5. The van der Waals surface area contributed by atoms with Crippen LogP contribution < -0.4 is 16.4 Å². The minimum atomic E-state index is -0.619. The lowest BCUT2D eigenvalue weighted by Crippen LogP contribution is -2.54. The van der Waals surface area contributed by atoms with Gasteiger partial charge in [-0.05, 0) is 11.4 Å². The molecule has 0 spiro atoms. The Bertz CT molecular complexity index is 503. The zero-order valence-electron chi connectivity index (χ0n) is 10.8. The number of carbonyl (C=O) groups excluding carboxylic acids is 3. The maximum absolute atomic E-state index is 12.2. The number of piperazine rings is 1. The lowest BCUT2D eigenvalue weighted by atomic mass is 10.1. The fourth-order valence-electron chi connectivity index (χ4n) is 2.01. The number of nitrogens with zero attached hydrogens (tertiary/aromatic N) is 1. The summed E-state index contributed by atoms with van der Waals surface area (Å²) in [5.74, 6) is -0.885. The van der Waals surface area contributed by atoms with Gasteiger partial charge in [0.05, 0.1) is 13.1 Å². The monoisotopic (exact) mass is 296 g/mol. The minimum absolute atomic E-state index is 0.148. The Morgan fingerprint density at radius 2 is 2.35 bits per heavy atom. The first-order chi connectivity index (χ1) is 9.63. The number of hydrogen-bond donors (Lipinski definition) is 3. The van der Waals surface area contributed by atoms with Crippen LogP contribution in [0, 0.1) is 0 Å². The fourth-order valence-corrected chi connectivity index (χ4v) is 2.85. The molecule has 8 heteroatoms. The van der Waals surface area contributed by atoms with E-state index >= 15 is 0 Å². The standard InChI is InChI=1S/C12H16N4O3S/c13-6-9(17)15-7-10(18)16-4-3-14-12(19)11(16)8-2-1-5-20-8/h1-2,5,11H,3-4,6-7,13H2,(H,14,19)(H,15,17). The number of nitrogens with two attached hydrogens (primary N) is 1. The van der Waals surface area contributed by atoms with Gasteiger partial charge in [0.2, 0.25) is 17.7 Å². The van der Waals surface area contributed by atoms with E-state index in [-0.39, 0.29) is 24.9 Å². The lowest BCUT2D eigenvalue weighted by Gasteiger charge is -2.34. The number of carbonyl (C=O) groups is 3. The Morgan fingerprint density at radius 1 is 1.55 bits per heavy atom. The second kappa shape index (κ2) is 6.49. The van der Waals surface area contributed by atoms with Crippen LogP contribution in [0.5, 0.6) is 0 Å². The van der Waals surface area contributed by atoms with Gasteiger partial charge in [-0.25, -0.2) is 0 Å². The number of rotatable bonds is 4. The summed E-state index contributed by atoms with van der Waals surface area (Å²) in [6.45, 7) is 0.524. The van der Waals surface area contributed by atoms with Crippen LogP contribution in [0.25, 0.3) is 0 Å². The fraction of sp³-hybridized carbons (Fsp3) is 0.417. The van der Waals surface area contributed by atoms with Crippen molar-refractivity contribution in [3.05, 3.63) is 22.4 Å². The van der Waals surface area contributed by atoms with Crippen LogP contribution in [0.4, 0.5) is 0 Å².